The summed E-state index contributed by atoms with van der Waals surface area (Å²) in [6.07, 6.45) is 5.34. The highest BCUT2D eigenvalue weighted by molar-refractivity contribution is 7.16. The molecule has 2 N–H and O–H groups in total. The van der Waals surface area contributed by atoms with Crippen LogP contribution in [0.1, 0.15) is 27.9 Å². The maximum atomic E-state index is 11.9. The standard InChI is InChI=1S/C14H15N3O3S/c1-3-10-8-11(14(19)20)13(21-10)16-12(18)5-4-9-6-7-15-17(9)2/h4-8H,3H2,1-2H3,(H,16,18)(H,19,20). The topological polar surface area (TPSA) is 84.2 Å². The first-order chi connectivity index (χ1) is 10.0. The third-order valence-corrected chi connectivity index (χ3v) is 4.06. The van der Waals surface area contributed by atoms with E-state index in [1.165, 1.54) is 17.4 Å². The summed E-state index contributed by atoms with van der Waals surface area (Å²) in [5.41, 5.74) is 0.906. The molecule has 6 nitrogen and oxygen atoms in total. The number of aryl methyl sites for hydroxylation is 2. The van der Waals surface area contributed by atoms with Crippen molar-refractivity contribution in [1.82, 2.24) is 9.78 Å². The van der Waals surface area contributed by atoms with Gasteiger partial charge in [0.1, 0.15) is 5.00 Å². The lowest BCUT2D eigenvalue weighted by Gasteiger charge is -2.00. The number of carbonyl (C=O) groups excluding carboxylic acids is 1. The number of rotatable bonds is 5. The van der Waals surface area contributed by atoms with Crippen LogP contribution in [-0.2, 0) is 18.3 Å². The van der Waals surface area contributed by atoms with Gasteiger partial charge in [-0.05, 0) is 24.6 Å². The van der Waals surface area contributed by atoms with E-state index >= 15 is 0 Å². The van der Waals surface area contributed by atoms with E-state index in [1.54, 1.807) is 36.1 Å². The average molecular weight is 305 g/mol. The predicted octanol–water partition coefficient (Wildman–Crippen LogP) is 2.39. The van der Waals surface area contributed by atoms with E-state index < -0.39 is 5.97 Å². The predicted molar refractivity (Wildman–Crippen MR) is 81.5 cm³/mol. The van der Waals surface area contributed by atoms with Crippen LogP contribution in [0, 0.1) is 0 Å². The molecule has 0 aromatic carbocycles. The number of carboxylic acids is 1. The van der Waals surface area contributed by atoms with Gasteiger partial charge in [-0.1, -0.05) is 6.92 Å². The summed E-state index contributed by atoms with van der Waals surface area (Å²) in [7, 11) is 1.77. The van der Waals surface area contributed by atoms with Crippen molar-refractivity contribution in [3.63, 3.8) is 0 Å². The van der Waals surface area contributed by atoms with Crippen LogP contribution >= 0.6 is 11.3 Å². The van der Waals surface area contributed by atoms with Gasteiger partial charge in [0.15, 0.2) is 0 Å². The lowest BCUT2D eigenvalue weighted by molar-refractivity contribution is -0.111. The van der Waals surface area contributed by atoms with Crippen molar-refractivity contribution >= 4 is 34.3 Å². The Kier molecular flexibility index (Phi) is 4.54. The molecule has 0 spiro atoms. The second kappa shape index (κ2) is 6.36. The van der Waals surface area contributed by atoms with E-state index in [4.69, 9.17) is 5.11 Å². The quantitative estimate of drug-likeness (QED) is 0.831. The molecule has 2 aromatic rings. The Bertz CT molecular complexity index is 700. The highest BCUT2D eigenvalue weighted by Gasteiger charge is 2.15. The molecule has 0 aliphatic carbocycles. The molecule has 2 heterocycles. The van der Waals surface area contributed by atoms with Crippen LogP contribution in [0.15, 0.2) is 24.4 Å². The first-order valence-corrected chi connectivity index (χ1v) is 7.16. The number of carboxylic acid groups (broad SMARTS) is 1. The van der Waals surface area contributed by atoms with Crippen LogP contribution in [-0.4, -0.2) is 26.8 Å². The molecule has 0 radical (unpaired) electrons. The molecule has 2 aromatic heterocycles. The number of thiophene rings is 1. The second-order valence-corrected chi connectivity index (χ2v) is 5.45. The number of carbonyl (C=O) groups is 2. The summed E-state index contributed by atoms with van der Waals surface area (Å²) in [4.78, 5) is 23.9. The van der Waals surface area contributed by atoms with Gasteiger partial charge in [0.2, 0.25) is 5.91 Å². The zero-order valence-corrected chi connectivity index (χ0v) is 12.5. The van der Waals surface area contributed by atoms with E-state index in [-0.39, 0.29) is 11.5 Å². The largest absolute Gasteiger partial charge is 0.478 e. The number of aromatic carboxylic acids is 1. The van der Waals surface area contributed by atoms with Gasteiger partial charge in [0.05, 0.1) is 11.3 Å². The minimum atomic E-state index is -1.04. The van der Waals surface area contributed by atoms with Gasteiger partial charge in [0, 0.05) is 24.2 Å². The van der Waals surface area contributed by atoms with E-state index in [0.717, 1.165) is 17.0 Å². The Labute approximate surface area is 125 Å². The lowest BCUT2D eigenvalue weighted by Crippen LogP contribution is -2.09. The molecule has 0 saturated carbocycles. The highest BCUT2D eigenvalue weighted by atomic mass is 32.1. The second-order valence-electron chi connectivity index (χ2n) is 4.32. The van der Waals surface area contributed by atoms with E-state index in [9.17, 15) is 9.59 Å². The number of hydrogen-bond acceptors (Lipinski definition) is 4. The highest BCUT2D eigenvalue weighted by Crippen LogP contribution is 2.28. The summed E-state index contributed by atoms with van der Waals surface area (Å²) in [6.45, 7) is 1.94. The Hall–Kier alpha value is -2.41. The molecule has 110 valence electrons. The van der Waals surface area contributed by atoms with Gasteiger partial charge < -0.3 is 10.4 Å². The molecular formula is C14H15N3O3S. The van der Waals surface area contributed by atoms with E-state index in [1.807, 2.05) is 6.92 Å². The van der Waals surface area contributed by atoms with E-state index in [0.29, 0.717) is 5.00 Å². The van der Waals surface area contributed by atoms with Crippen molar-refractivity contribution in [2.45, 2.75) is 13.3 Å². The van der Waals surface area contributed by atoms with Crippen molar-refractivity contribution in [2.24, 2.45) is 7.05 Å². The summed E-state index contributed by atoms with van der Waals surface area (Å²) in [5.74, 6) is -1.42. The van der Waals surface area contributed by atoms with Gasteiger partial charge in [-0.3, -0.25) is 9.48 Å². The van der Waals surface area contributed by atoms with Crippen molar-refractivity contribution in [2.75, 3.05) is 5.32 Å². The molecule has 1 amide bonds. The Balaban J connectivity index is 2.12. The first-order valence-electron chi connectivity index (χ1n) is 6.34. The van der Waals surface area contributed by atoms with Crippen LogP contribution in [0.2, 0.25) is 0 Å². The molecule has 0 fully saturated rings. The summed E-state index contributed by atoms with van der Waals surface area (Å²) < 4.78 is 1.63. The number of hydrogen-bond donors (Lipinski definition) is 2. The van der Waals surface area contributed by atoms with Crippen LogP contribution in [0.4, 0.5) is 5.00 Å². The summed E-state index contributed by atoms with van der Waals surface area (Å²) in [6, 6.07) is 3.36. The van der Waals surface area contributed by atoms with Crippen LogP contribution in [0.5, 0.6) is 0 Å². The van der Waals surface area contributed by atoms with Crippen LogP contribution < -0.4 is 5.32 Å². The molecule has 0 aliphatic rings. The third kappa shape index (κ3) is 3.57. The van der Waals surface area contributed by atoms with Gasteiger partial charge in [-0.15, -0.1) is 11.3 Å². The zero-order chi connectivity index (χ0) is 15.4. The molecule has 0 bridgehead atoms. The number of aromatic nitrogens is 2. The maximum Gasteiger partial charge on any atom is 0.338 e. The van der Waals surface area contributed by atoms with Gasteiger partial charge >= 0.3 is 5.97 Å². The third-order valence-electron chi connectivity index (χ3n) is 2.86. The van der Waals surface area contributed by atoms with Gasteiger partial charge in [-0.2, -0.15) is 5.10 Å². The first kappa shape index (κ1) is 15.0. The fourth-order valence-electron chi connectivity index (χ4n) is 1.73. The lowest BCUT2D eigenvalue weighted by atomic mass is 10.2. The van der Waals surface area contributed by atoms with E-state index in [2.05, 4.69) is 10.4 Å². The molecule has 2 rings (SSSR count). The zero-order valence-electron chi connectivity index (χ0n) is 11.7. The maximum absolute atomic E-state index is 11.9. The fraction of sp³-hybridized carbons (Fsp3) is 0.214. The van der Waals surface area contributed by atoms with Gasteiger partial charge in [-0.25, -0.2) is 4.79 Å². The van der Waals surface area contributed by atoms with Gasteiger partial charge in [0.25, 0.3) is 0 Å². The van der Waals surface area contributed by atoms with Crippen molar-refractivity contribution in [3.8, 4) is 0 Å². The molecular weight excluding hydrogens is 290 g/mol. The SMILES string of the molecule is CCc1cc(C(=O)O)c(NC(=O)C=Cc2ccnn2C)s1. The van der Waals surface area contributed by atoms with Crippen molar-refractivity contribution in [1.29, 1.82) is 0 Å². The molecule has 0 atom stereocenters. The minimum absolute atomic E-state index is 0.124. The average Bonchev–Trinajstić information content (AvgIpc) is 3.02. The monoisotopic (exact) mass is 305 g/mol. The smallest absolute Gasteiger partial charge is 0.338 e. The molecule has 0 aliphatic heterocycles. The number of nitrogens with zero attached hydrogens (tertiary/aromatic N) is 2. The normalized spacial score (nSPS) is 11.0. The fourth-order valence-corrected chi connectivity index (χ4v) is 2.72. The Morgan fingerprint density at radius 2 is 2.29 bits per heavy atom. The molecule has 0 saturated heterocycles. The van der Waals surface area contributed by atoms with Crippen molar-refractivity contribution < 1.29 is 14.7 Å². The Morgan fingerprint density at radius 1 is 1.52 bits per heavy atom. The summed E-state index contributed by atoms with van der Waals surface area (Å²) >= 11 is 1.28. The Morgan fingerprint density at radius 3 is 2.86 bits per heavy atom. The molecule has 21 heavy (non-hydrogen) atoms. The molecule has 0 unspecified atom stereocenters. The van der Waals surface area contributed by atoms with Crippen molar-refractivity contribution in [3.05, 3.63) is 40.5 Å². The molecule has 7 heteroatoms. The number of nitrogens with one attached hydrogen (secondary N) is 1. The summed E-state index contributed by atoms with van der Waals surface area (Å²) in [5, 5.41) is 16.1. The number of anilines is 1. The van der Waals surface area contributed by atoms with Crippen LogP contribution in [0.3, 0.4) is 0 Å². The number of amides is 1. The van der Waals surface area contributed by atoms with Crippen LogP contribution in [0.25, 0.3) is 6.08 Å². The minimum Gasteiger partial charge on any atom is -0.478 e.